The summed E-state index contributed by atoms with van der Waals surface area (Å²) in [6.45, 7) is 4.49. The molecule has 20 heavy (non-hydrogen) atoms. The van der Waals surface area contributed by atoms with E-state index in [0.717, 1.165) is 24.8 Å². The van der Waals surface area contributed by atoms with E-state index < -0.39 is 0 Å². The molecule has 1 heterocycles. The Labute approximate surface area is 124 Å². The van der Waals surface area contributed by atoms with Crippen molar-refractivity contribution >= 4 is 29.0 Å². The molecule has 4 heteroatoms. The molecule has 0 saturated carbocycles. The Morgan fingerprint density at radius 1 is 1.05 bits per heavy atom. The van der Waals surface area contributed by atoms with Crippen LogP contribution in [0.25, 0.3) is 5.57 Å². The molecule has 0 radical (unpaired) electrons. The molecule has 0 fully saturated rings. The van der Waals surface area contributed by atoms with Gasteiger partial charge in [-0.05, 0) is 18.9 Å². The molecule has 0 bridgehead atoms. The summed E-state index contributed by atoms with van der Waals surface area (Å²) >= 11 is 6.07. The van der Waals surface area contributed by atoms with Crippen molar-refractivity contribution in [2.45, 2.75) is 33.1 Å². The number of benzene rings is 1. The van der Waals surface area contributed by atoms with E-state index in [9.17, 15) is 9.59 Å². The number of hydrogen-bond acceptors (Lipinski definition) is 2. The van der Waals surface area contributed by atoms with Crippen LogP contribution in [-0.2, 0) is 9.59 Å². The van der Waals surface area contributed by atoms with Crippen LogP contribution in [-0.4, -0.2) is 23.3 Å². The first-order valence-electron chi connectivity index (χ1n) is 6.89. The van der Waals surface area contributed by atoms with E-state index in [-0.39, 0.29) is 16.8 Å². The second-order valence-electron chi connectivity index (χ2n) is 5.02. The lowest BCUT2D eigenvalue weighted by Crippen LogP contribution is -2.32. The largest absolute Gasteiger partial charge is 0.274 e. The zero-order valence-electron chi connectivity index (χ0n) is 11.8. The Morgan fingerprint density at radius 2 is 1.70 bits per heavy atom. The van der Waals surface area contributed by atoms with E-state index in [2.05, 4.69) is 6.92 Å². The van der Waals surface area contributed by atoms with Gasteiger partial charge in [0, 0.05) is 6.54 Å². The molecular formula is C16H18ClNO2. The van der Waals surface area contributed by atoms with Crippen molar-refractivity contribution in [1.82, 2.24) is 4.90 Å². The summed E-state index contributed by atoms with van der Waals surface area (Å²) in [6, 6.07) is 7.47. The van der Waals surface area contributed by atoms with E-state index in [1.165, 1.54) is 4.90 Å². The lowest BCUT2D eigenvalue weighted by atomic mass is 10.0. The summed E-state index contributed by atoms with van der Waals surface area (Å²) in [5.74, 6) is -0.650. The van der Waals surface area contributed by atoms with Crippen LogP contribution in [0.4, 0.5) is 0 Å². The van der Waals surface area contributed by atoms with Crippen molar-refractivity contribution in [3.63, 3.8) is 0 Å². The third-order valence-corrected chi connectivity index (χ3v) is 3.79. The van der Waals surface area contributed by atoms with Gasteiger partial charge in [-0.15, -0.1) is 0 Å². The summed E-state index contributed by atoms with van der Waals surface area (Å²) in [6.07, 6.45) is 2.86. The Balaban J connectivity index is 2.23. The molecule has 0 spiro atoms. The predicted molar refractivity (Wildman–Crippen MR) is 80.2 cm³/mol. The quantitative estimate of drug-likeness (QED) is 0.615. The number of carbonyl (C=O) groups is 2. The molecule has 1 aliphatic rings. The lowest BCUT2D eigenvalue weighted by Gasteiger charge is -2.14. The van der Waals surface area contributed by atoms with Crippen LogP contribution in [0.15, 0.2) is 29.3 Å². The van der Waals surface area contributed by atoms with Crippen molar-refractivity contribution in [2.75, 3.05) is 6.54 Å². The fourth-order valence-electron chi connectivity index (χ4n) is 2.24. The zero-order chi connectivity index (χ0) is 14.7. The summed E-state index contributed by atoms with van der Waals surface area (Å²) in [5, 5.41) is 0.0374. The molecule has 2 amide bonds. The van der Waals surface area contributed by atoms with E-state index in [1.54, 1.807) is 0 Å². The maximum Gasteiger partial charge on any atom is 0.273 e. The standard InChI is InChI=1S/C16H18ClNO2/c1-3-4-5-10-18-15(19)13(14(17)16(18)20)12-8-6-11(2)7-9-12/h6-9H,3-5,10H2,1-2H3. The molecule has 2 rings (SSSR count). The summed E-state index contributed by atoms with van der Waals surface area (Å²) in [7, 11) is 0. The molecule has 0 unspecified atom stereocenters. The molecule has 0 saturated heterocycles. The highest BCUT2D eigenvalue weighted by Crippen LogP contribution is 2.31. The molecule has 106 valence electrons. The van der Waals surface area contributed by atoms with Gasteiger partial charge < -0.3 is 0 Å². The maximum absolute atomic E-state index is 12.4. The van der Waals surface area contributed by atoms with Crippen molar-refractivity contribution in [2.24, 2.45) is 0 Å². The van der Waals surface area contributed by atoms with E-state index >= 15 is 0 Å². The van der Waals surface area contributed by atoms with E-state index in [0.29, 0.717) is 17.7 Å². The van der Waals surface area contributed by atoms with Crippen LogP contribution in [0.1, 0.15) is 37.3 Å². The van der Waals surface area contributed by atoms with Gasteiger partial charge in [0.25, 0.3) is 11.8 Å². The van der Waals surface area contributed by atoms with E-state index in [4.69, 9.17) is 11.6 Å². The van der Waals surface area contributed by atoms with Crippen molar-refractivity contribution in [1.29, 1.82) is 0 Å². The molecule has 1 aromatic carbocycles. The van der Waals surface area contributed by atoms with Crippen LogP contribution >= 0.6 is 11.6 Å². The lowest BCUT2D eigenvalue weighted by molar-refractivity contribution is -0.136. The Hall–Kier alpha value is -1.61. The smallest absolute Gasteiger partial charge is 0.273 e. The molecule has 1 aliphatic heterocycles. The highest BCUT2D eigenvalue weighted by atomic mass is 35.5. The number of nitrogens with zero attached hydrogens (tertiary/aromatic N) is 1. The number of hydrogen-bond donors (Lipinski definition) is 0. The minimum absolute atomic E-state index is 0.0374. The topological polar surface area (TPSA) is 37.4 Å². The van der Waals surface area contributed by atoms with Gasteiger partial charge >= 0.3 is 0 Å². The molecule has 1 aromatic rings. The monoisotopic (exact) mass is 291 g/mol. The third-order valence-electron chi connectivity index (χ3n) is 3.44. The minimum Gasteiger partial charge on any atom is -0.274 e. The number of amides is 2. The molecule has 0 aromatic heterocycles. The fourth-order valence-corrected chi connectivity index (χ4v) is 2.53. The summed E-state index contributed by atoms with van der Waals surface area (Å²) in [5.41, 5.74) is 2.13. The Morgan fingerprint density at radius 3 is 2.30 bits per heavy atom. The van der Waals surface area contributed by atoms with Crippen LogP contribution in [0.5, 0.6) is 0 Å². The van der Waals surface area contributed by atoms with Crippen LogP contribution in [0.3, 0.4) is 0 Å². The number of unbranched alkanes of at least 4 members (excludes halogenated alkanes) is 2. The molecular weight excluding hydrogens is 274 g/mol. The first kappa shape index (κ1) is 14.8. The predicted octanol–water partition coefficient (Wildman–Crippen LogP) is 3.50. The highest BCUT2D eigenvalue weighted by Gasteiger charge is 2.37. The number of carbonyl (C=O) groups excluding carboxylic acids is 2. The average molecular weight is 292 g/mol. The third kappa shape index (κ3) is 2.78. The van der Waals surface area contributed by atoms with Gasteiger partial charge in [0.05, 0.1) is 5.57 Å². The van der Waals surface area contributed by atoms with Crippen molar-refractivity contribution in [3.8, 4) is 0 Å². The van der Waals surface area contributed by atoms with Gasteiger partial charge in [-0.3, -0.25) is 14.5 Å². The van der Waals surface area contributed by atoms with Crippen LogP contribution in [0, 0.1) is 6.92 Å². The normalized spacial score (nSPS) is 15.4. The fraction of sp³-hybridized carbons (Fsp3) is 0.375. The molecule has 0 aliphatic carbocycles. The SMILES string of the molecule is CCCCCN1C(=O)C(Cl)=C(c2ccc(C)cc2)C1=O. The van der Waals surface area contributed by atoms with E-state index in [1.807, 2.05) is 31.2 Å². The molecule has 3 nitrogen and oxygen atoms in total. The molecule has 0 atom stereocenters. The van der Waals surface area contributed by atoms with Gasteiger partial charge in [-0.2, -0.15) is 0 Å². The summed E-state index contributed by atoms with van der Waals surface area (Å²) < 4.78 is 0. The Bertz CT molecular complexity index is 560. The first-order valence-corrected chi connectivity index (χ1v) is 7.27. The van der Waals surface area contributed by atoms with Gasteiger partial charge in [-0.25, -0.2) is 0 Å². The number of aryl methyl sites for hydroxylation is 1. The number of imide groups is 1. The van der Waals surface area contributed by atoms with Crippen LogP contribution in [0.2, 0.25) is 0 Å². The van der Waals surface area contributed by atoms with Crippen molar-refractivity contribution in [3.05, 3.63) is 40.4 Å². The molecule has 0 N–H and O–H groups in total. The first-order chi connectivity index (χ1) is 9.56. The van der Waals surface area contributed by atoms with Crippen LogP contribution < -0.4 is 0 Å². The average Bonchev–Trinajstić information content (AvgIpc) is 2.64. The maximum atomic E-state index is 12.4. The zero-order valence-corrected chi connectivity index (χ0v) is 12.5. The second kappa shape index (κ2) is 6.23. The second-order valence-corrected chi connectivity index (χ2v) is 5.40. The van der Waals surface area contributed by atoms with Crippen molar-refractivity contribution < 1.29 is 9.59 Å². The number of rotatable bonds is 5. The van der Waals surface area contributed by atoms with Gasteiger partial charge in [0.15, 0.2) is 0 Å². The Kier molecular flexibility index (Phi) is 4.61. The highest BCUT2D eigenvalue weighted by molar-refractivity contribution is 6.55. The number of halogens is 1. The summed E-state index contributed by atoms with van der Waals surface area (Å²) in [4.78, 5) is 25.7. The van der Waals surface area contributed by atoms with Gasteiger partial charge in [-0.1, -0.05) is 61.2 Å². The van der Waals surface area contributed by atoms with Gasteiger partial charge in [0.1, 0.15) is 5.03 Å². The van der Waals surface area contributed by atoms with Gasteiger partial charge in [0.2, 0.25) is 0 Å². The minimum atomic E-state index is -0.372.